The van der Waals surface area contributed by atoms with Crippen LogP contribution in [0.1, 0.15) is 34.1 Å². The van der Waals surface area contributed by atoms with Crippen LogP contribution in [0.5, 0.6) is 0 Å². The molecule has 0 aliphatic carbocycles. The van der Waals surface area contributed by atoms with E-state index in [2.05, 4.69) is 39.2 Å². The highest BCUT2D eigenvalue weighted by molar-refractivity contribution is 5.78. The Morgan fingerprint density at radius 1 is 1.25 bits per heavy atom. The lowest BCUT2D eigenvalue weighted by atomic mass is 9.80. The second-order valence-corrected chi connectivity index (χ2v) is 7.37. The smallest absolute Gasteiger partial charge is 0.236 e. The topological polar surface area (TPSA) is 32.8 Å². The van der Waals surface area contributed by atoms with Gasteiger partial charge in [0.05, 0.1) is 18.8 Å². The van der Waals surface area contributed by atoms with E-state index in [1.165, 1.54) is 5.57 Å². The first kappa shape index (κ1) is 15.5. The van der Waals surface area contributed by atoms with Gasteiger partial charge >= 0.3 is 0 Å². The van der Waals surface area contributed by atoms with Crippen molar-refractivity contribution in [2.24, 2.45) is 5.41 Å². The van der Waals surface area contributed by atoms with Crippen molar-refractivity contribution in [1.82, 2.24) is 9.80 Å². The predicted octanol–water partition coefficient (Wildman–Crippen LogP) is 1.91. The fraction of sp³-hybridized carbons (Fsp3) is 0.812. The standard InChI is InChI=1S/C16H28N2O2/c1-13-6-7-18(11-15(13,2)3)14(19)10-17-8-9-20-16(4,5)12-17/h1,6-12H2,2-5H3. The zero-order valence-corrected chi connectivity index (χ0v) is 13.4. The fourth-order valence-electron chi connectivity index (χ4n) is 3.03. The average molecular weight is 280 g/mol. The predicted molar refractivity (Wildman–Crippen MR) is 80.6 cm³/mol. The van der Waals surface area contributed by atoms with Crippen molar-refractivity contribution in [1.29, 1.82) is 0 Å². The van der Waals surface area contributed by atoms with Gasteiger partial charge in [-0.05, 0) is 20.3 Å². The van der Waals surface area contributed by atoms with Crippen molar-refractivity contribution in [2.75, 3.05) is 39.3 Å². The monoisotopic (exact) mass is 280 g/mol. The number of amides is 1. The molecule has 20 heavy (non-hydrogen) atoms. The van der Waals surface area contributed by atoms with Crippen molar-refractivity contribution in [3.63, 3.8) is 0 Å². The van der Waals surface area contributed by atoms with Gasteiger partial charge in [0.2, 0.25) is 5.91 Å². The van der Waals surface area contributed by atoms with E-state index in [1.54, 1.807) is 0 Å². The number of hydrogen-bond acceptors (Lipinski definition) is 3. The van der Waals surface area contributed by atoms with E-state index in [1.807, 2.05) is 4.90 Å². The molecule has 0 aromatic carbocycles. The maximum atomic E-state index is 12.5. The molecule has 0 spiro atoms. The molecule has 0 aromatic heterocycles. The van der Waals surface area contributed by atoms with Gasteiger partial charge in [0.1, 0.15) is 0 Å². The first-order valence-corrected chi connectivity index (χ1v) is 7.52. The number of carbonyl (C=O) groups is 1. The lowest BCUT2D eigenvalue weighted by Gasteiger charge is -2.42. The van der Waals surface area contributed by atoms with Crippen molar-refractivity contribution in [3.05, 3.63) is 12.2 Å². The Morgan fingerprint density at radius 2 is 1.95 bits per heavy atom. The van der Waals surface area contributed by atoms with E-state index in [0.717, 1.165) is 32.6 Å². The molecule has 2 heterocycles. The van der Waals surface area contributed by atoms with Crippen molar-refractivity contribution < 1.29 is 9.53 Å². The number of hydrogen-bond donors (Lipinski definition) is 0. The van der Waals surface area contributed by atoms with Crippen molar-refractivity contribution in [2.45, 2.75) is 39.7 Å². The number of piperidine rings is 1. The molecule has 2 rings (SSSR count). The van der Waals surface area contributed by atoms with Crippen LogP contribution >= 0.6 is 0 Å². The van der Waals surface area contributed by atoms with Gasteiger partial charge in [-0.15, -0.1) is 0 Å². The Morgan fingerprint density at radius 3 is 2.55 bits per heavy atom. The highest BCUT2D eigenvalue weighted by Gasteiger charge is 2.34. The zero-order chi connectivity index (χ0) is 15.0. The van der Waals surface area contributed by atoms with Gasteiger partial charge in [0.15, 0.2) is 0 Å². The van der Waals surface area contributed by atoms with Gasteiger partial charge in [0.25, 0.3) is 0 Å². The van der Waals surface area contributed by atoms with E-state index in [0.29, 0.717) is 13.2 Å². The third-order valence-corrected chi connectivity index (χ3v) is 4.44. The number of rotatable bonds is 2. The number of morpholine rings is 1. The van der Waals surface area contributed by atoms with Crippen molar-refractivity contribution >= 4 is 5.91 Å². The first-order valence-electron chi connectivity index (χ1n) is 7.52. The summed E-state index contributed by atoms with van der Waals surface area (Å²) in [6, 6.07) is 0. The number of carbonyl (C=O) groups excluding carboxylic acids is 1. The van der Waals surface area contributed by atoms with Crippen LogP contribution in [0.4, 0.5) is 0 Å². The minimum absolute atomic E-state index is 0.0399. The summed E-state index contributed by atoms with van der Waals surface area (Å²) in [6.45, 7) is 17.1. The molecule has 4 heteroatoms. The van der Waals surface area contributed by atoms with Crippen molar-refractivity contribution in [3.8, 4) is 0 Å². The summed E-state index contributed by atoms with van der Waals surface area (Å²) >= 11 is 0. The molecule has 0 N–H and O–H groups in total. The van der Waals surface area contributed by atoms with E-state index in [-0.39, 0.29) is 16.9 Å². The van der Waals surface area contributed by atoms with Crippen LogP contribution in [-0.4, -0.2) is 60.6 Å². The van der Waals surface area contributed by atoms with Crippen LogP contribution in [0.2, 0.25) is 0 Å². The lowest BCUT2D eigenvalue weighted by Crippen LogP contribution is -2.53. The van der Waals surface area contributed by atoms with Gasteiger partial charge in [-0.2, -0.15) is 0 Å². The summed E-state index contributed by atoms with van der Waals surface area (Å²) in [4.78, 5) is 16.7. The Labute approximate surface area is 122 Å². The van der Waals surface area contributed by atoms with E-state index in [9.17, 15) is 4.79 Å². The minimum Gasteiger partial charge on any atom is -0.373 e. The summed E-state index contributed by atoms with van der Waals surface area (Å²) in [5.74, 6) is 0.239. The summed E-state index contributed by atoms with van der Waals surface area (Å²) in [7, 11) is 0. The van der Waals surface area contributed by atoms with Crippen LogP contribution < -0.4 is 0 Å². The largest absolute Gasteiger partial charge is 0.373 e. The van der Waals surface area contributed by atoms with Gasteiger partial charge < -0.3 is 9.64 Å². The molecule has 0 bridgehead atoms. The fourth-order valence-corrected chi connectivity index (χ4v) is 3.03. The van der Waals surface area contributed by atoms with E-state index >= 15 is 0 Å². The van der Waals surface area contributed by atoms with Gasteiger partial charge in [-0.1, -0.05) is 26.0 Å². The molecule has 0 saturated carbocycles. The first-order chi connectivity index (χ1) is 9.20. The highest BCUT2D eigenvalue weighted by Crippen LogP contribution is 2.32. The average Bonchev–Trinajstić information content (AvgIpc) is 2.31. The van der Waals surface area contributed by atoms with E-state index in [4.69, 9.17) is 4.74 Å². The molecule has 0 atom stereocenters. The quantitative estimate of drug-likeness (QED) is 0.724. The number of ether oxygens (including phenoxy) is 1. The summed E-state index contributed by atoms with van der Waals surface area (Å²) in [6.07, 6.45) is 0.924. The summed E-state index contributed by atoms with van der Waals surface area (Å²) < 4.78 is 5.69. The molecule has 4 nitrogen and oxygen atoms in total. The third kappa shape index (κ3) is 3.61. The maximum Gasteiger partial charge on any atom is 0.236 e. The second kappa shape index (κ2) is 5.49. The highest BCUT2D eigenvalue weighted by atomic mass is 16.5. The zero-order valence-electron chi connectivity index (χ0n) is 13.4. The normalized spacial score (nSPS) is 26.6. The van der Waals surface area contributed by atoms with Gasteiger partial charge in [-0.3, -0.25) is 9.69 Å². The summed E-state index contributed by atoms with van der Waals surface area (Å²) in [5, 5.41) is 0. The molecule has 114 valence electrons. The molecule has 2 aliphatic rings. The van der Waals surface area contributed by atoms with Crippen LogP contribution in [0, 0.1) is 5.41 Å². The molecule has 2 fully saturated rings. The Bertz CT molecular complexity index is 401. The molecule has 0 aromatic rings. The Kier molecular flexibility index (Phi) is 4.26. The van der Waals surface area contributed by atoms with Crippen LogP contribution in [0.15, 0.2) is 12.2 Å². The van der Waals surface area contributed by atoms with Gasteiger partial charge in [0, 0.05) is 31.6 Å². The lowest BCUT2D eigenvalue weighted by molar-refractivity contribution is -0.138. The number of likely N-dealkylation sites (tertiary alicyclic amines) is 1. The Balaban J connectivity index is 1.90. The minimum atomic E-state index is -0.145. The molecular weight excluding hydrogens is 252 g/mol. The van der Waals surface area contributed by atoms with Gasteiger partial charge in [-0.25, -0.2) is 0 Å². The molecule has 0 unspecified atom stereocenters. The maximum absolute atomic E-state index is 12.5. The third-order valence-electron chi connectivity index (χ3n) is 4.44. The second-order valence-electron chi connectivity index (χ2n) is 7.37. The molecular formula is C16H28N2O2. The number of nitrogens with zero attached hydrogens (tertiary/aromatic N) is 2. The molecule has 2 saturated heterocycles. The van der Waals surface area contributed by atoms with Crippen LogP contribution in [-0.2, 0) is 9.53 Å². The van der Waals surface area contributed by atoms with E-state index < -0.39 is 0 Å². The SMILES string of the molecule is C=C1CCN(C(=O)CN2CCOC(C)(C)C2)CC1(C)C. The van der Waals surface area contributed by atoms with Crippen LogP contribution in [0.25, 0.3) is 0 Å². The molecule has 2 aliphatic heterocycles. The van der Waals surface area contributed by atoms with Crippen LogP contribution in [0.3, 0.4) is 0 Å². The Hall–Kier alpha value is -0.870. The summed E-state index contributed by atoms with van der Waals surface area (Å²) in [5.41, 5.74) is 1.15. The molecule has 1 amide bonds. The molecule has 0 radical (unpaired) electrons.